The Hall–Kier alpha value is -3.41. The maximum atomic E-state index is 12.5. The van der Waals surface area contributed by atoms with E-state index in [1.807, 2.05) is 12.1 Å². The summed E-state index contributed by atoms with van der Waals surface area (Å²) in [6, 6.07) is 16.6. The van der Waals surface area contributed by atoms with E-state index in [0.717, 1.165) is 5.56 Å². The third-order valence-corrected chi connectivity index (χ3v) is 3.54. The standard InChI is InChI=1S/C20H20N2O4/c1-14(23)21-17(12-15-8-4-2-5-9-15)19(24)22-18(20(25)26)13-16-10-6-3-7-11-16/h2-12,18H,13H2,1H3,(H,21,23)(H,22,24)(H,25,26)/p-1/b17-12-/t18-/m1/s1. The topological polar surface area (TPSA) is 98.3 Å². The van der Waals surface area contributed by atoms with Gasteiger partial charge in [0.1, 0.15) is 5.70 Å². The SMILES string of the molecule is CC(=O)N/C(=C\c1ccccc1)C(=O)N[C@H](Cc1ccccc1)C(=O)[O-]. The maximum absolute atomic E-state index is 12.5. The molecule has 2 rings (SSSR count). The minimum atomic E-state index is -1.40. The van der Waals surface area contributed by atoms with Gasteiger partial charge in [-0.15, -0.1) is 0 Å². The van der Waals surface area contributed by atoms with Gasteiger partial charge in [-0.2, -0.15) is 0 Å². The molecule has 2 amide bonds. The van der Waals surface area contributed by atoms with Crippen LogP contribution in [0.4, 0.5) is 0 Å². The van der Waals surface area contributed by atoms with Crippen LogP contribution in [0.2, 0.25) is 0 Å². The normalized spacial score (nSPS) is 12.1. The Balaban J connectivity index is 2.19. The molecule has 0 saturated carbocycles. The molecule has 0 unspecified atom stereocenters. The van der Waals surface area contributed by atoms with Crippen molar-refractivity contribution in [3.05, 3.63) is 77.5 Å². The lowest BCUT2D eigenvalue weighted by Gasteiger charge is -2.21. The van der Waals surface area contributed by atoms with Crippen LogP contribution in [0.25, 0.3) is 6.08 Å². The third-order valence-electron chi connectivity index (χ3n) is 3.54. The molecule has 0 heterocycles. The van der Waals surface area contributed by atoms with Gasteiger partial charge in [0.25, 0.3) is 5.91 Å². The van der Waals surface area contributed by atoms with E-state index in [1.165, 1.54) is 13.0 Å². The van der Waals surface area contributed by atoms with Crippen LogP contribution in [0.1, 0.15) is 18.1 Å². The lowest BCUT2D eigenvalue weighted by atomic mass is 10.1. The molecule has 6 nitrogen and oxygen atoms in total. The zero-order valence-corrected chi connectivity index (χ0v) is 14.3. The van der Waals surface area contributed by atoms with Gasteiger partial charge in [-0.25, -0.2) is 0 Å². The lowest BCUT2D eigenvalue weighted by Crippen LogP contribution is -2.50. The first-order valence-electron chi connectivity index (χ1n) is 8.05. The molecule has 0 spiro atoms. The van der Waals surface area contributed by atoms with E-state index in [1.54, 1.807) is 48.5 Å². The molecule has 2 aromatic carbocycles. The van der Waals surface area contributed by atoms with Gasteiger partial charge < -0.3 is 20.5 Å². The minimum Gasteiger partial charge on any atom is -0.548 e. The molecule has 0 radical (unpaired) electrons. The van der Waals surface area contributed by atoms with Gasteiger partial charge in [0.15, 0.2) is 0 Å². The van der Waals surface area contributed by atoms with Crippen molar-refractivity contribution in [2.45, 2.75) is 19.4 Å². The van der Waals surface area contributed by atoms with Crippen molar-refractivity contribution in [2.75, 3.05) is 0 Å². The Morgan fingerprint density at radius 1 is 1.00 bits per heavy atom. The van der Waals surface area contributed by atoms with E-state index in [0.29, 0.717) is 5.56 Å². The fraction of sp³-hybridized carbons (Fsp3) is 0.150. The average molecular weight is 351 g/mol. The van der Waals surface area contributed by atoms with Gasteiger partial charge in [0.2, 0.25) is 5.91 Å². The van der Waals surface area contributed by atoms with Crippen LogP contribution in [0.15, 0.2) is 66.4 Å². The Bertz CT molecular complexity index is 801. The summed E-state index contributed by atoms with van der Waals surface area (Å²) in [5.41, 5.74) is 1.40. The molecule has 0 saturated heterocycles. The van der Waals surface area contributed by atoms with Crippen molar-refractivity contribution in [2.24, 2.45) is 0 Å². The Morgan fingerprint density at radius 3 is 2.12 bits per heavy atom. The summed E-state index contributed by atoms with van der Waals surface area (Å²) in [5.74, 6) is -2.53. The third kappa shape index (κ3) is 5.90. The summed E-state index contributed by atoms with van der Waals surface area (Å²) in [6.07, 6.45) is 1.55. The van der Waals surface area contributed by atoms with Crippen LogP contribution >= 0.6 is 0 Å². The Labute approximate surface area is 151 Å². The van der Waals surface area contributed by atoms with Gasteiger partial charge in [-0.1, -0.05) is 60.7 Å². The summed E-state index contributed by atoms with van der Waals surface area (Å²) in [7, 11) is 0. The number of rotatable bonds is 7. The van der Waals surface area contributed by atoms with E-state index in [-0.39, 0.29) is 12.1 Å². The average Bonchev–Trinajstić information content (AvgIpc) is 2.62. The summed E-state index contributed by atoms with van der Waals surface area (Å²) in [5, 5.41) is 16.2. The second-order valence-electron chi connectivity index (χ2n) is 5.68. The maximum Gasteiger partial charge on any atom is 0.268 e. The molecule has 0 bridgehead atoms. The summed E-state index contributed by atoms with van der Waals surface area (Å²) < 4.78 is 0. The van der Waals surface area contributed by atoms with Gasteiger partial charge in [-0.05, 0) is 23.6 Å². The molecule has 26 heavy (non-hydrogen) atoms. The quantitative estimate of drug-likeness (QED) is 0.715. The molecule has 0 aromatic heterocycles. The number of hydrogen-bond donors (Lipinski definition) is 2. The van der Waals surface area contributed by atoms with Crippen LogP contribution in [-0.4, -0.2) is 23.8 Å². The zero-order valence-electron chi connectivity index (χ0n) is 14.3. The Kier molecular flexibility index (Phi) is 6.68. The number of carbonyl (C=O) groups is 3. The molecule has 6 heteroatoms. The first-order chi connectivity index (χ1) is 12.5. The summed E-state index contributed by atoms with van der Waals surface area (Å²) in [6.45, 7) is 1.27. The number of carbonyl (C=O) groups excluding carboxylic acids is 3. The van der Waals surface area contributed by atoms with Crippen molar-refractivity contribution in [3.63, 3.8) is 0 Å². The number of carboxylic acids is 1. The molecule has 134 valence electrons. The smallest absolute Gasteiger partial charge is 0.268 e. The van der Waals surface area contributed by atoms with Crippen molar-refractivity contribution in [1.29, 1.82) is 0 Å². The molecular formula is C20H19N2O4-. The second-order valence-corrected chi connectivity index (χ2v) is 5.68. The highest BCUT2D eigenvalue weighted by molar-refractivity contribution is 6.02. The van der Waals surface area contributed by atoms with Crippen LogP contribution in [-0.2, 0) is 20.8 Å². The molecule has 0 aliphatic heterocycles. The number of hydrogen-bond acceptors (Lipinski definition) is 4. The second kappa shape index (κ2) is 9.17. The van der Waals surface area contributed by atoms with Crippen molar-refractivity contribution in [1.82, 2.24) is 10.6 Å². The summed E-state index contributed by atoms with van der Waals surface area (Å²) in [4.78, 5) is 35.3. The molecule has 0 fully saturated rings. The monoisotopic (exact) mass is 351 g/mol. The van der Waals surface area contributed by atoms with Gasteiger partial charge >= 0.3 is 0 Å². The van der Waals surface area contributed by atoms with Crippen molar-refractivity contribution in [3.8, 4) is 0 Å². The summed E-state index contributed by atoms with van der Waals surface area (Å²) >= 11 is 0. The predicted molar refractivity (Wildman–Crippen MR) is 95.3 cm³/mol. The molecule has 0 aliphatic carbocycles. The number of amides is 2. The zero-order chi connectivity index (χ0) is 18.9. The number of aliphatic carboxylic acids is 1. The van der Waals surface area contributed by atoms with Crippen LogP contribution < -0.4 is 15.7 Å². The van der Waals surface area contributed by atoms with Gasteiger partial charge in [0, 0.05) is 6.92 Å². The van der Waals surface area contributed by atoms with E-state index < -0.39 is 23.8 Å². The van der Waals surface area contributed by atoms with Gasteiger partial charge in [0.05, 0.1) is 12.0 Å². The van der Waals surface area contributed by atoms with E-state index in [9.17, 15) is 19.5 Å². The van der Waals surface area contributed by atoms with E-state index >= 15 is 0 Å². The highest BCUT2D eigenvalue weighted by Crippen LogP contribution is 2.07. The van der Waals surface area contributed by atoms with E-state index in [2.05, 4.69) is 10.6 Å². The van der Waals surface area contributed by atoms with Crippen LogP contribution in [0.5, 0.6) is 0 Å². The fourth-order valence-corrected chi connectivity index (χ4v) is 2.34. The first-order valence-corrected chi connectivity index (χ1v) is 8.05. The highest BCUT2D eigenvalue weighted by atomic mass is 16.4. The number of nitrogens with one attached hydrogen (secondary N) is 2. The fourth-order valence-electron chi connectivity index (χ4n) is 2.34. The number of benzene rings is 2. The molecule has 2 N–H and O–H groups in total. The van der Waals surface area contributed by atoms with E-state index in [4.69, 9.17) is 0 Å². The largest absolute Gasteiger partial charge is 0.548 e. The minimum absolute atomic E-state index is 0.0389. The number of carboxylic acid groups (broad SMARTS) is 1. The van der Waals surface area contributed by atoms with Crippen LogP contribution in [0, 0.1) is 0 Å². The van der Waals surface area contributed by atoms with Crippen LogP contribution in [0.3, 0.4) is 0 Å². The first kappa shape index (κ1) is 18.9. The molecule has 0 aliphatic rings. The highest BCUT2D eigenvalue weighted by Gasteiger charge is 2.18. The molecule has 1 atom stereocenters. The lowest BCUT2D eigenvalue weighted by molar-refractivity contribution is -0.308. The molecule has 2 aromatic rings. The molecular weight excluding hydrogens is 332 g/mol. The Morgan fingerprint density at radius 2 is 1.58 bits per heavy atom. The van der Waals surface area contributed by atoms with Crippen molar-refractivity contribution < 1.29 is 19.5 Å². The predicted octanol–water partition coefficient (Wildman–Crippen LogP) is 0.641. The van der Waals surface area contributed by atoms with Gasteiger partial charge in [-0.3, -0.25) is 9.59 Å². The van der Waals surface area contributed by atoms with Crippen molar-refractivity contribution >= 4 is 23.9 Å².